The van der Waals surface area contributed by atoms with Crippen LogP contribution < -0.4 is 10.7 Å². The van der Waals surface area contributed by atoms with E-state index in [4.69, 9.17) is 0 Å². The number of amides is 2. The molecular weight excluding hydrogens is 414 g/mol. The number of nitrogens with one attached hydrogen (secondary N) is 2. The minimum Gasteiger partial charge on any atom is -0.342 e. The van der Waals surface area contributed by atoms with Crippen LogP contribution in [0.15, 0.2) is 84.1 Å². The Morgan fingerprint density at radius 3 is 2.52 bits per heavy atom. The molecule has 0 radical (unpaired) electrons. The highest BCUT2D eigenvalue weighted by Gasteiger charge is 2.10. The van der Waals surface area contributed by atoms with Gasteiger partial charge in [-0.15, -0.1) is 0 Å². The number of fused-ring (bicyclic) bond motifs is 1. The van der Waals surface area contributed by atoms with Crippen molar-refractivity contribution in [1.29, 1.82) is 5.26 Å². The Morgan fingerprint density at radius 1 is 1.03 bits per heavy atom. The summed E-state index contributed by atoms with van der Waals surface area (Å²) in [6.45, 7) is 1.97. The number of aromatic nitrogens is 1. The Hall–Kier alpha value is -4.70. The van der Waals surface area contributed by atoms with Gasteiger partial charge in [0.25, 0.3) is 5.91 Å². The van der Waals surface area contributed by atoms with E-state index >= 15 is 0 Å². The molecular formula is C26H21N5O2. The number of hydrazone groups is 1. The number of nitriles is 1. The van der Waals surface area contributed by atoms with Crippen molar-refractivity contribution in [3.8, 4) is 6.07 Å². The molecule has 4 rings (SSSR count). The van der Waals surface area contributed by atoms with Gasteiger partial charge in [0, 0.05) is 47.4 Å². The molecule has 162 valence electrons. The molecule has 0 aliphatic heterocycles. The second kappa shape index (κ2) is 9.62. The zero-order valence-electron chi connectivity index (χ0n) is 17.9. The van der Waals surface area contributed by atoms with Crippen LogP contribution in [0.2, 0.25) is 0 Å². The van der Waals surface area contributed by atoms with E-state index in [-0.39, 0.29) is 11.8 Å². The summed E-state index contributed by atoms with van der Waals surface area (Å²) in [4.78, 5) is 23.5. The quantitative estimate of drug-likeness (QED) is 0.349. The van der Waals surface area contributed by atoms with E-state index in [1.807, 2.05) is 54.7 Å². The first kappa shape index (κ1) is 21.5. The molecule has 2 amide bonds. The molecule has 0 saturated heterocycles. The lowest BCUT2D eigenvalue weighted by Crippen LogP contribution is -2.17. The van der Waals surface area contributed by atoms with E-state index in [2.05, 4.69) is 26.5 Å². The summed E-state index contributed by atoms with van der Waals surface area (Å²) in [5.74, 6) is -0.528. The Kier molecular flexibility index (Phi) is 6.28. The van der Waals surface area contributed by atoms with Crippen molar-refractivity contribution in [2.24, 2.45) is 5.10 Å². The number of anilines is 1. The number of benzene rings is 3. The van der Waals surface area contributed by atoms with Crippen LogP contribution in [0.1, 0.15) is 34.0 Å². The lowest BCUT2D eigenvalue weighted by molar-refractivity contribution is -0.114. The molecule has 1 heterocycles. The lowest BCUT2D eigenvalue weighted by Gasteiger charge is -2.07. The summed E-state index contributed by atoms with van der Waals surface area (Å²) in [5.41, 5.74) is 7.01. The molecule has 0 saturated carbocycles. The van der Waals surface area contributed by atoms with Gasteiger partial charge in [-0.25, -0.2) is 5.43 Å². The highest BCUT2D eigenvalue weighted by molar-refractivity contribution is 6.00. The smallest absolute Gasteiger partial charge is 0.271 e. The maximum absolute atomic E-state index is 12.4. The average Bonchev–Trinajstić information content (AvgIpc) is 3.17. The predicted molar refractivity (Wildman–Crippen MR) is 128 cm³/mol. The standard InChI is InChI=1S/C26H21N5O2/c1-18(32)29-23-12-10-19(11-13-23)26(33)30-28-15-22-17-31(25-9-5-4-8-24(22)25)16-21-7-3-2-6-20(21)14-27/h2-13,15,17H,16H2,1H3,(H,29,32)(H,30,33). The lowest BCUT2D eigenvalue weighted by atomic mass is 10.1. The topological polar surface area (TPSA) is 99.3 Å². The van der Waals surface area contributed by atoms with E-state index in [1.165, 1.54) is 6.92 Å². The van der Waals surface area contributed by atoms with Gasteiger partial charge in [0.05, 0.1) is 17.8 Å². The fourth-order valence-electron chi connectivity index (χ4n) is 3.59. The Labute approximate surface area is 191 Å². The van der Waals surface area contributed by atoms with Crippen molar-refractivity contribution in [1.82, 2.24) is 9.99 Å². The molecule has 0 fully saturated rings. The van der Waals surface area contributed by atoms with E-state index in [1.54, 1.807) is 30.5 Å². The van der Waals surface area contributed by atoms with Gasteiger partial charge in [-0.3, -0.25) is 9.59 Å². The monoisotopic (exact) mass is 435 g/mol. The zero-order valence-corrected chi connectivity index (χ0v) is 17.9. The number of nitrogens with zero attached hydrogens (tertiary/aromatic N) is 3. The first-order valence-electron chi connectivity index (χ1n) is 10.3. The molecule has 2 N–H and O–H groups in total. The molecule has 0 bridgehead atoms. The zero-order chi connectivity index (χ0) is 23.2. The Balaban J connectivity index is 1.52. The van der Waals surface area contributed by atoms with Crippen molar-refractivity contribution in [2.45, 2.75) is 13.5 Å². The molecule has 33 heavy (non-hydrogen) atoms. The van der Waals surface area contributed by atoms with Gasteiger partial charge in [0.15, 0.2) is 0 Å². The van der Waals surface area contributed by atoms with Gasteiger partial charge in [0.2, 0.25) is 5.91 Å². The molecule has 7 nitrogen and oxygen atoms in total. The first-order valence-corrected chi connectivity index (χ1v) is 10.3. The molecule has 0 atom stereocenters. The van der Waals surface area contributed by atoms with Gasteiger partial charge in [0.1, 0.15) is 0 Å². The molecule has 7 heteroatoms. The van der Waals surface area contributed by atoms with Crippen LogP contribution in [0.5, 0.6) is 0 Å². The molecule has 0 unspecified atom stereocenters. The van der Waals surface area contributed by atoms with Crippen molar-refractivity contribution in [3.05, 3.63) is 101 Å². The maximum atomic E-state index is 12.4. The molecule has 1 aromatic heterocycles. The number of rotatable bonds is 6. The van der Waals surface area contributed by atoms with Crippen molar-refractivity contribution < 1.29 is 9.59 Å². The van der Waals surface area contributed by atoms with Crippen LogP contribution in [0.4, 0.5) is 5.69 Å². The van der Waals surface area contributed by atoms with Gasteiger partial charge in [-0.1, -0.05) is 36.4 Å². The predicted octanol–water partition coefficient (Wildman–Crippen LogP) is 4.28. The summed E-state index contributed by atoms with van der Waals surface area (Å²) in [6.07, 6.45) is 3.56. The van der Waals surface area contributed by atoms with Gasteiger partial charge < -0.3 is 9.88 Å². The third-order valence-corrected chi connectivity index (χ3v) is 5.14. The molecule has 0 spiro atoms. The van der Waals surface area contributed by atoms with Crippen LogP contribution in [-0.2, 0) is 11.3 Å². The third-order valence-electron chi connectivity index (χ3n) is 5.14. The second-order valence-corrected chi connectivity index (χ2v) is 7.46. The minimum atomic E-state index is -0.354. The number of hydrogen-bond acceptors (Lipinski definition) is 4. The van der Waals surface area contributed by atoms with Crippen LogP contribution >= 0.6 is 0 Å². The number of carbonyl (C=O) groups excluding carboxylic acids is 2. The van der Waals surface area contributed by atoms with Gasteiger partial charge in [-0.05, 0) is 42.0 Å². The normalized spacial score (nSPS) is 10.8. The fourth-order valence-corrected chi connectivity index (χ4v) is 3.59. The van der Waals surface area contributed by atoms with Gasteiger partial charge in [-0.2, -0.15) is 10.4 Å². The second-order valence-electron chi connectivity index (χ2n) is 7.46. The molecule has 4 aromatic rings. The molecule has 0 aliphatic rings. The summed E-state index contributed by atoms with van der Waals surface area (Å²) in [6, 6.07) is 24.2. The van der Waals surface area contributed by atoms with E-state index in [0.29, 0.717) is 23.4 Å². The van der Waals surface area contributed by atoms with Crippen LogP contribution in [-0.4, -0.2) is 22.6 Å². The average molecular weight is 435 g/mol. The van der Waals surface area contributed by atoms with Crippen molar-refractivity contribution in [2.75, 3.05) is 5.32 Å². The van der Waals surface area contributed by atoms with Crippen molar-refractivity contribution >= 4 is 34.6 Å². The van der Waals surface area contributed by atoms with Crippen molar-refractivity contribution in [3.63, 3.8) is 0 Å². The van der Waals surface area contributed by atoms with E-state index in [0.717, 1.165) is 22.0 Å². The highest BCUT2D eigenvalue weighted by Crippen LogP contribution is 2.22. The van der Waals surface area contributed by atoms with Crippen LogP contribution in [0.3, 0.4) is 0 Å². The first-order chi connectivity index (χ1) is 16.0. The van der Waals surface area contributed by atoms with Crippen LogP contribution in [0, 0.1) is 11.3 Å². The highest BCUT2D eigenvalue weighted by atomic mass is 16.2. The Morgan fingerprint density at radius 2 is 1.76 bits per heavy atom. The van der Waals surface area contributed by atoms with E-state index in [9.17, 15) is 14.9 Å². The minimum absolute atomic E-state index is 0.174. The van der Waals surface area contributed by atoms with E-state index < -0.39 is 0 Å². The summed E-state index contributed by atoms with van der Waals surface area (Å²) >= 11 is 0. The SMILES string of the molecule is CC(=O)Nc1ccc(C(=O)NN=Cc2cn(Cc3ccccc3C#N)c3ccccc23)cc1. The summed E-state index contributed by atoms with van der Waals surface area (Å²) < 4.78 is 2.06. The molecule has 3 aromatic carbocycles. The third kappa shape index (κ3) is 4.97. The van der Waals surface area contributed by atoms with Gasteiger partial charge >= 0.3 is 0 Å². The fraction of sp³-hybridized carbons (Fsp3) is 0.0769. The Bertz CT molecular complexity index is 1390. The summed E-state index contributed by atoms with van der Waals surface area (Å²) in [7, 11) is 0. The number of hydrogen-bond donors (Lipinski definition) is 2. The van der Waals surface area contributed by atoms with Crippen LogP contribution in [0.25, 0.3) is 10.9 Å². The number of carbonyl (C=O) groups is 2. The summed E-state index contributed by atoms with van der Waals surface area (Å²) in [5, 5.41) is 17.2. The number of para-hydroxylation sites is 1. The maximum Gasteiger partial charge on any atom is 0.271 e. The largest absolute Gasteiger partial charge is 0.342 e. The molecule has 0 aliphatic carbocycles.